The maximum Gasteiger partial charge on any atom is 0.494 e. The summed E-state index contributed by atoms with van der Waals surface area (Å²) in [5, 5.41) is 7.72. The number of hydrogen-bond acceptors (Lipinski definition) is 8. The van der Waals surface area contributed by atoms with Gasteiger partial charge in [-0.15, -0.1) is 0 Å². The largest absolute Gasteiger partial charge is 0.494 e. The van der Waals surface area contributed by atoms with Crippen LogP contribution in [0, 0.1) is 0 Å². The van der Waals surface area contributed by atoms with Gasteiger partial charge in [-0.1, -0.05) is 139 Å². The number of halogens is 1. The highest BCUT2D eigenvalue weighted by Crippen LogP contribution is 2.43. The van der Waals surface area contributed by atoms with Crippen LogP contribution < -0.4 is 5.46 Å². The molecule has 0 atom stereocenters. The third kappa shape index (κ3) is 8.99. The molecule has 5 heterocycles. The number of pyridine rings is 2. The summed E-state index contributed by atoms with van der Waals surface area (Å²) in [6.45, 7) is 24.5. The highest BCUT2D eigenvalue weighted by Gasteiger charge is 2.63. The van der Waals surface area contributed by atoms with E-state index in [-0.39, 0.29) is 33.6 Å². The lowest BCUT2D eigenvalue weighted by molar-refractivity contribution is 0.00578. The van der Waals surface area contributed by atoms with Crippen LogP contribution in [0.25, 0.3) is 65.9 Å². The van der Waals surface area contributed by atoms with Gasteiger partial charge < -0.3 is 27.9 Å². The quantitative estimate of drug-likeness (QED) is 0.128. The van der Waals surface area contributed by atoms with E-state index < -0.39 is 21.1 Å². The Labute approximate surface area is 407 Å². The molecule has 0 amide bonds. The Bertz CT molecular complexity index is 3060. The third-order valence-electron chi connectivity index (χ3n) is 14.8. The first-order chi connectivity index (χ1) is 32.1. The minimum absolute atomic E-state index is 0.360. The smallest absolute Gasteiger partial charge is 0.405 e. The number of rotatable bonds is 4. The van der Waals surface area contributed by atoms with E-state index in [0.717, 1.165) is 55.2 Å². The second kappa shape index (κ2) is 17.7. The second-order valence-electron chi connectivity index (χ2n) is 21.0. The van der Waals surface area contributed by atoms with E-state index in [9.17, 15) is 0 Å². The number of nitrogens with zero attached hydrogens (tertiary/aromatic N) is 2. The monoisotopic (exact) mass is 924 g/mol. The van der Waals surface area contributed by atoms with Gasteiger partial charge in [0.15, 0.2) is 0 Å². The summed E-state index contributed by atoms with van der Waals surface area (Å²) < 4.78 is 36.4. The molecule has 3 fully saturated rings. The number of aromatic nitrogens is 2. The van der Waals surface area contributed by atoms with Crippen molar-refractivity contribution >= 4 is 81.6 Å². The molecule has 3 saturated heterocycles. The maximum absolute atomic E-state index is 6.25. The molecule has 68 heavy (non-hydrogen) atoms. The van der Waals surface area contributed by atoms with Gasteiger partial charge in [0, 0.05) is 37.7 Å². The van der Waals surface area contributed by atoms with Crippen LogP contribution in [0.1, 0.15) is 83.1 Å². The fraction of sp³-hybridized carbons (Fsp3) is 0.321. The van der Waals surface area contributed by atoms with E-state index in [1.807, 2.05) is 97.9 Å². The normalized spacial score (nSPS) is 19.5. The Morgan fingerprint density at radius 1 is 0.353 bits per heavy atom. The molecule has 0 N–H and O–H groups in total. The van der Waals surface area contributed by atoms with Gasteiger partial charge in [-0.3, -0.25) is 0 Å². The highest BCUT2D eigenvalue weighted by molar-refractivity contribution is 7.11. The van der Waals surface area contributed by atoms with Crippen LogP contribution in [-0.4, -0.2) is 64.7 Å². The van der Waals surface area contributed by atoms with Gasteiger partial charge in [-0.05, 0) is 118 Å². The lowest BCUT2D eigenvalue weighted by atomic mass is 9.49. The molecule has 346 valence electrons. The van der Waals surface area contributed by atoms with Crippen LogP contribution in [0.3, 0.4) is 0 Å². The number of fused-ring (bicyclic) bond motifs is 6. The molecule has 0 radical (unpaired) electrons. The van der Waals surface area contributed by atoms with Crippen LogP contribution >= 0.6 is 11.6 Å². The predicted molar refractivity (Wildman–Crippen MR) is 282 cm³/mol. The van der Waals surface area contributed by atoms with Crippen molar-refractivity contribution in [2.75, 3.05) is 0 Å². The van der Waals surface area contributed by atoms with Crippen molar-refractivity contribution in [2.45, 2.75) is 117 Å². The van der Waals surface area contributed by atoms with Gasteiger partial charge in [0.05, 0.1) is 56.0 Å². The predicted octanol–water partition coefficient (Wildman–Crippen LogP) is 13.3. The highest BCUT2D eigenvalue weighted by atomic mass is 35.5. The lowest BCUT2D eigenvalue weighted by Gasteiger charge is -2.32. The van der Waals surface area contributed by atoms with Gasteiger partial charge in [-0.2, -0.15) is 0 Å². The molecule has 0 bridgehead atoms. The molecule has 6 aromatic carbocycles. The van der Waals surface area contributed by atoms with E-state index in [4.69, 9.17) is 49.5 Å². The zero-order valence-electron chi connectivity index (χ0n) is 41.3. The van der Waals surface area contributed by atoms with Crippen LogP contribution in [0.5, 0.6) is 0 Å². The fourth-order valence-corrected chi connectivity index (χ4v) is 8.83. The average Bonchev–Trinajstić information content (AvgIpc) is 3.78. The molecule has 0 spiro atoms. The molecule has 0 aliphatic carbocycles. The van der Waals surface area contributed by atoms with Crippen molar-refractivity contribution in [3.63, 3.8) is 0 Å². The molecule has 0 unspecified atom stereocenters. The Kier molecular flexibility index (Phi) is 12.5. The van der Waals surface area contributed by atoms with Gasteiger partial charge >= 0.3 is 21.1 Å². The van der Waals surface area contributed by atoms with Gasteiger partial charge in [0.1, 0.15) is 0 Å². The molecule has 8 aromatic rings. The fourth-order valence-electron chi connectivity index (χ4n) is 8.66. The zero-order chi connectivity index (χ0) is 48.4. The zero-order valence-corrected chi connectivity index (χ0v) is 42.1. The number of benzene rings is 6. The molecular weight excluding hydrogens is 865 g/mol. The van der Waals surface area contributed by atoms with Gasteiger partial charge in [0.2, 0.25) is 0 Å². The first kappa shape index (κ1) is 47.9. The maximum atomic E-state index is 6.25. The van der Waals surface area contributed by atoms with Crippen molar-refractivity contribution in [3.8, 4) is 22.5 Å². The second-order valence-corrected chi connectivity index (χ2v) is 21.5. The molecular formula is C56H60B3ClN2O6. The van der Waals surface area contributed by atoms with Gasteiger partial charge in [0.25, 0.3) is 0 Å². The third-order valence-corrected chi connectivity index (χ3v) is 15.0. The van der Waals surface area contributed by atoms with Crippen molar-refractivity contribution in [1.29, 1.82) is 0 Å². The minimum Gasteiger partial charge on any atom is -0.405 e. The van der Waals surface area contributed by atoms with Crippen molar-refractivity contribution in [2.24, 2.45) is 0 Å². The SMILES string of the molecule is CC1(C)OB(B2OC(C)(C)C(C)(C)O2)OC1(C)C.CC1(C)OB(c2ccc3c(c2)nc(-c2ccccc2)c2ccccc23)OC1(C)C.Clc1ccc2c(c1)nc(-c1ccccc1)c1ccccc12. The van der Waals surface area contributed by atoms with E-state index in [1.165, 1.54) is 16.2 Å². The van der Waals surface area contributed by atoms with Gasteiger partial charge in [-0.25, -0.2) is 9.97 Å². The summed E-state index contributed by atoms with van der Waals surface area (Å²) in [6.07, 6.45) is 0. The van der Waals surface area contributed by atoms with E-state index in [1.54, 1.807) is 0 Å². The summed E-state index contributed by atoms with van der Waals surface area (Å²) in [5.74, 6) is 0. The minimum atomic E-state index is -0.476. The number of hydrogen-bond donors (Lipinski definition) is 0. The summed E-state index contributed by atoms with van der Waals surface area (Å²) >= 11 is 6.13. The average molecular weight is 925 g/mol. The standard InChI is InChI=1S/C25H24BNO2.C19H12ClN.C12H24B2O4/c1-24(2)25(3,4)29-26(28-24)18-14-15-20-19-12-8-9-13-21(19)23(27-22(20)16-18)17-10-6-5-7-11-17;20-14-10-11-16-15-8-4-5-9-17(15)19(21-18(16)12-14)13-6-2-1-3-7-13;1-9(2)10(3,4)16-13(15-9)14-17-11(5,6)12(7,8)18-14/h5-16H,1-4H3;1-12H;1-8H3. The van der Waals surface area contributed by atoms with E-state index in [0.29, 0.717) is 5.02 Å². The molecule has 12 heteroatoms. The Morgan fingerprint density at radius 2 is 0.691 bits per heavy atom. The lowest BCUT2D eigenvalue weighted by Crippen LogP contribution is -2.41. The van der Waals surface area contributed by atoms with Crippen molar-refractivity contribution < 1.29 is 27.9 Å². The Balaban J connectivity index is 0.000000132. The Morgan fingerprint density at radius 3 is 1.10 bits per heavy atom. The van der Waals surface area contributed by atoms with Crippen LogP contribution in [0.4, 0.5) is 0 Å². The molecule has 0 saturated carbocycles. The van der Waals surface area contributed by atoms with Crippen molar-refractivity contribution in [3.05, 3.63) is 151 Å². The van der Waals surface area contributed by atoms with Crippen molar-refractivity contribution in [1.82, 2.24) is 9.97 Å². The summed E-state index contributed by atoms with van der Waals surface area (Å²) in [4.78, 5) is 9.92. The first-order valence-electron chi connectivity index (χ1n) is 23.5. The first-order valence-corrected chi connectivity index (χ1v) is 23.9. The van der Waals surface area contributed by atoms with Crippen LogP contribution in [-0.2, 0) is 27.9 Å². The van der Waals surface area contributed by atoms with Crippen LogP contribution in [0.15, 0.2) is 146 Å². The summed E-state index contributed by atoms with van der Waals surface area (Å²) in [5.41, 5.74) is 4.96. The topological polar surface area (TPSA) is 81.2 Å². The molecule has 2 aromatic heterocycles. The molecule has 8 nitrogen and oxygen atoms in total. The summed E-state index contributed by atoms with van der Waals surface area (Å²) in [6, 6.07) is 49.7. The molecule has 3 aliphatic rings. The summed E-state index contributed by atoms with van der Waals surface area (Å²) in [7, 11) is -1.34. The molecule has 11 rings (SSSR count). The van der Waals surface area contributed by atoms with Crippen LogP contribution in [0.2, 0.25) is 5.02 Å². The van der Waals surface area contributed by atoms with E-state index in [2.05, 4.69) is 131 Å². The van der Waals surface area contributed by atoms with E-state index >= 15 is 0 Å². The molecule has 3 aliphatic heterocycles. The Hall–Kier alpha value is -5.10.